The molecule has 8 heteroatoms. The van der Waals surface area contributed by atoms with Gasteiger partial charge in [-0.15, -0.1) is 0 Å². The van der Waals surface area contributed by atoms with Gasteiger partial charge in [-0.3, -0.25) is 9.69 Å². The maximum atomic E-state index is 13.9. The fraction of sp³-hybridized carbons (Fsp3) is 0.263. The molecule has 0 spiro atoms. The third-order valence-corrected chi connectivity index (χ3v) is 5.28. The molecule has 0 fully saturated rings. The van der Waals surface area contributed by atoms with Crippen molar-refractivity contribution < 1.29 is 9.13 Å². The van der Waals surface area contributed by atoms with E-state index in [1.807, 2.05) is 19.1 Å². The average molecular weight is 499 g/mol. The number of benzene rings is 2. The van der Waals surface area contributed by atoms with Gasteiger partial charge >= 0.3 is 0 Å². The van der Waals surface area contributed by atoms with Crippen molar-refractivity contribution in [1.82, 2.24) is 14.9 Å². The minimum atomic E-state index is -0.391. The molecule has 5 nitrogen and oxygen atoms in total. The second-order valence-corrected chi connectivity index (χ2v) is 7.84. The number of rotatable bonds is 6. The van der Waals surface area contributed by atoms with E-state index in [1.165, 1.54) is 13.2 Å². The van der Waals surface area contributed by atoms with Crippen LogP contribution in [0.1, 0.15) is 18.3 Å². The summed E-state index contributed by atoms with van der Waals surface area (Å²) < 4.78 is 20.4. The number of fused-ring (bicyclic) bond motifs is 1. The van der Waals surface area contributed by atoms with Crippen LogP contribution in [0.15, 0.2) is 44.1 Å². The number of nitrogens with zero attached hydrogens (tertiary/aromatic N) is 2. The molecule has 1 N–H and O–H groups in total. The number of hydrogen-bond acceptors (Lipinski definition) is 4. The highest BCUT2D eigenvalue weighted by Gasteiger charge is 2.13. The molecule has 0 amide bonds. The standard InChI is InChI=1S/C19H18Br2FN3O2/c1-3-25(9-11-4-5-16(27-2)15(22)6-11)10-17-23-18-13(19(26)24-17)7-12(20)8-14(18)21/h4-8H,3,9-10H2,1-2H3,(H,23,24,26). The van der Waals surface area contributed by atoms with E-state index in [-0.39, 0.29) is 11.3 Å². The van der Waals surface area contributed by atoms with E-state index in [0.29, 0.717) is 29.8 Å². The van der Waals surface area contributed by atoms with E-state index >= 15 is 0 Å². The van der Waals surface area contributed by atoms with Gasteiger partial charge in [0, 0.05) is 15.5 Å². The Hall–Kier alpha value is -1.77. The van der Waals surface area contributed by atoms with E-state index in [4.69, 9.17) is 4.74 Å². The maximum Gasteiger partial charge on any atom is 0.258 e. The monoisotopic (exact) mass is 497 g/mol. The molecule has 3 rings (SSSR count). The molecule has 1 aromatic heterocycles. The molecular formula is C19H18Br2FN3O2. The quantitative estimate of drug-likeness (QED) is 0.538. The van der Waals surface area contributed by atoms with Crippen LogP contribution in [0.25, 0.3) is 10.9 Å². The van der Waals surface area contributed by atoms with Gasteiger partial charge < -0.3 is 9.72 Å². The van der Waals surface area contributed by atoms with E-state index < -0.39 is 5.82 Å². The number of ether oxygens (including phenoxy) is 1. The summed E-state index contributed by atoms with van der Waals surface area (Å²) in [5.74, 6) is 0.391. The second-order valence-electron chi connectivity index (χ2n) is 6.07. The number of aromatic amines is 1. The van der Waals surface area contributed by atoms with Gasteiger partial charge in [-0.25, -0.2) is 9.37 Å². The summed E-state index contributed by atoms with van der Waals surface area (Å²) in [7, 11) is 1.44. The van der Waals surface area contributed by atoms with Crippen molar-refractivity contribution in [3.8, 4) is 5.75 Å². The van der Waals surface area contributed by atoms with E-state index in [1.54, 1.807) is 12.1 Å². The van der Waals surface area contributed by atoms with Crippen molar-refractivity contribution in [3.05, 3.63) is 66.8 Å². The van der Waals surface area contributed by atoms with Gasteiger partial charge in [0.15, 0.2) is 11.6 Å². The Labute approximate surface area is 172 Å². The minimum Gasteiger partial charge on any atom is -0.494 e. The van der Waals surface area contributed by atoms with Crippen LogP contribution in [0.3, 0.4) is 0 Å². The Morgan fingerprint density at radius 1 is 1.22 bits per heavy atom. The number of H-pyrrole nitrogens is 1. The first-order valence-electron chi connectivity index (χ1n) is 8.34. The predicted octanol–water partition coefficient (Wildman–Crippen LogP) is 4.62. The van der Waals surface area contributed by atoms with Crippen LogP contribution in [-0.2, 0) is 13.1 Å². The fourth-order valence-corrected chi connectivity index (χ4v) is 4.16. The molecule has 142 valence electrons. The summed E-state index contributed by atoms with van der Waals surface area (Å²) >= 11 is 6.84. The van der Waals surface area contributed by atoms with Gasteiger partial charge in [0.25, 0.3) is 5.56 Å². The average Bonchev–Trinajstić information content (AvgIpc) is 2.62. The summed E-state index contributed by atoms with van der Waals surface area (Å²) in [6.07, 6.45) is 0. The molecule has 0 atom stereocenters. The van der Waals surface area contributed by atoms with Crippen LogP contribution in [-0.4, -0.2) is 28.5 Å². The highest BCUT2D eigenvalue weighted by molar-refractivity contribution is 9.11. The van der Waals surface area contributed by atoms with Crippen molar-refractivity contribution in [2.24, 2.45) is 0 Å². The van der Waals surface area contributed by atoms with Crippen LogP contribution < -0.4 is 10.3 Å². The molecule has 0 aliphatic rings. The van der Waals surface area contributed by atoms with E-state index in [0.717, 1.165) is 21.1 Å². The molecule has 0 aliphatic heterocycles. The summed E-state index contributed by atoms with van der Waals surface area (Å²) in [5, 5.41) is 0.514. The van der Waals surface area contributed by atoms with Crippen LogP contribution in [0, 0.1) is 5.82 Å². The van der Waals surface area contributed by atoms with Crippen molar-refractivity contribution in [1.29, 1.82) is 0 Å². The molecule has 0 unspecified atom stereocenters. The van der Waals surface area contributed by atoms with Gasteiger partial charge in [-0.2, -0.15) is 0 Å². The van der Waals surface area contributed by atoms with Crippen molar-refractivity contribution in [2.45, 2.75) is 20.0 Å². The minimum absolute atomic E-state index is 0.191. The highest BCUT2D eigenvalue weighted by atomic mass is 79.9. The maximum absolute atomic E-state index is 13.9. The smallest absolute Gasteiger partial charge is 0.258 e. The molecule has 0 bridgehead atoms. The lowest BCUT2D eigenvalue weighted by molar-refractivity contribution is 0.264. The lowest BCUT2D eigenvalue weighted by Gasteiger charge is -2.20. The number of nitrogens with one attached hydrogen (secondary N) is 1. The van der Waals surface area contributed by atoms with Gasteiger partial charge in [-0.05, 0) is 52.3 Å². The SMILES string of the molecule is CCN(Cc1ccc(OC)c(F)c1)Cc1nc2c(Br)cc(Br)cc2c(=O)[nH]1. The number of halogens is 3. The fourth-order valence-electron chi connectivity index (χ4n) is 2.85. The molecule has 0 saturated heterocycles. The first kappa shape index (κ1) is 20.0. The summed E-state index contributed by atoms with van der Waals surface area (Å²) in [6, 6.07) is 8.51. The van der Waals surface area contributed by atoms with Gasteiger partial charge in [0.1, 0.15) is 5.82 Å². The lowest BCUT2D eigenvalue weighted by atomic mass is 10.2. The normalized spacial score (nSPS) is 11.3. The topological polar surface area (TPSA) is 58.2 Å². The highest BCUT2D eigenvalue weighted by Crippen LogP contribution is 2.25. The second kappa shape index (κ2) is 8.50. The first-order chi connectivity index (χ1) is 12.9. The van der Waals surface area contributed by atoms with Gasteiger partial charge in [-0.1, -0.05) is 28.9 Å². The first-order valence-corrected chi connectivity index (χ1v) is 9.92. The molecule has 1 heterocycles. The summed E-state index contributed by atoms with van der Waals surface area (Å²) in [5.41, 5.74) is 1.25. The Morgan fingerprint density at radius 3 is 2.67 bits per heavy atom. The third kappa shape index (κ3) is 4.56. The lowest BCUT2D eigenvalue weighted by Crippen LogP contribution is -2.25. The zero-order chi connectivity index (χ0) is 19.6. The number of aromatic nitrogens is 2. The van der Waals surface area contributed by atoms with Crippen molar-refractivity contribution in [2.75, 3.05) is 13.7 Å². The van der Waals surface area contributed by atoms with Crippen molar-refractivity contribution in [3.63, 3.8) is 0 Å². The van der Waals surface area contributed by atoms with E-state index in [2.05, 4.69) is 46.7 Å². The molecule has 2 aromatic carbocycles. The Morgan fingerprint density at radius 2 is 2.00 bits per heavy atom. The molecular weight excluding hydrogens is 481 g/mol. The summed E-state index contributed by atoms with van der Waals surface area (Å²) in [4.78, 5) is 21.9. The Balaban J connectivity index is 1.86. The molecule has 27 heavy (non-hydrogen) atoms. The number of hydrogen-bond donors (Lipinski definition) is 1. The third-order valence-electron chi connectivity index (χ3n) is 4.22. The summed E-state index contributed by atoms with van der Waals surface area (Å²) in [6.45, 7) is 3.70. The molecule has 3 aromatic rings. The molecule has 0 aliphatic carbocycles. The predicted molar refractivity (Wildman–Crippen MR) is 111 cm³/mol. The zero-order valence-electron chi connectivity index (χ0n) is 14.9. The zero-order valence-corrected chi connectivity index (χ0v) is 18.0. The van der Waals surface area contributed by atoms with Crippen LogP contribution >= 0.6 is 31.9 Å². The van der Waals surface area contributed by atoms with Crippen molar-refractivity contribution >= 4 is 42.8 Å². The van der Waals surface area contributed by atoms with Crippen LogP contribution in [0.4, 0.5) is 4.39 Å². The molecule has 0 saturated carbocycles. The Kier molecular flexibility index (Phi) is 6.29. The van der Waals surface area contributed by atoms with Crippen LogP contribution in [0.2, 0.25) is 0 Å². The Bertz CT molecular complexity index is 1040. The van der Waals surface area contributed by atoms with E-state index in [9.17, 15) is 9.18 Å². The van der Waals surface area contributed by atoms with Gasteiger partial charge in [0.2, 0.25) is 0 Å². The van der Waals surface area contributed by atoms with Crippen LogP contribution in [0.5, 0.6) is 5.75 Å². The largest absolute Gasteiger partial charge is 0.494 e. The van der Waals surface area contributed by atoms with Gasteiger partial charge in [0.05, 0.1) is 24.6 Å². The number of methoxy groups -OCH3 is 1. The molecule has 0 radical (unpaired) electrons.